The van der Waals surface area contributed by atoms with E-state index in [1.54, 1.807) is 0 Å². The Bertz CT molecular complexity index is 773. The maximum atomic E-state index is 11.9. The standard InChI is InChI=1S/C17H17NO2/c1-3-11(2)17(19)18-12-8-9-14-13-6-4-5-7-15(13)20-16(14)10-12/h4-11H,3H2,1-2H3,(H,18,19). The van der Waals surface area contributed by atoms with Gasteiger partial charge >= 0.3 is 0 Å². The van der Waals surface area contributed by atoms with Crippen LogP contribution in [0.15, 0.2) is 46.9 Å². The van der Waals surface area contributed by atoms with Gasteiger partial charge in [0, 0.05) is 28.4 Å². The lowest BCUT2D eigenvalue weighted by Gasteiger charge is -2.09. The molecule has 0 aliphatic rings. The molecule has 0 saturated carbocycles. The molecule has 1 aromatic heterocycles. The number of anilines is 1. The summed E-state index contributed by atoms with van der Waals surface area (Å²) in [5.41, 5.74) is 2.45. The highest BCUT2D eigenvalue weighted by Crippen LogP contribution is 2.30. The monoisotopic (exact) mass is 267 g/mol. The van der Waals surface area contributed by atoms with Crippen molar-refractivity contribution >= 4 is 33.5 Å². The van der Waals surface area contributed by atoms with Crippen molar-refractivity contribution in [2.24, 2.45) is 5.92 Å². The van der Waals surface area contributed by atoms with Crippen LogP contribution < -0.4 is 5.32 Å². The van der Waals surface area contributed by atoms with Crippen LogP contribution in [0.4, 0.5) is 5.69 Å². The van der Waals surface area contributed by atoms with Gasteiger partial charge < -0.3 is 9.73 Å². The zero-order valence-electron chi connectivity index (χ0n) is 11.6. The SMILES string of the molecule is CCC(C)C(=O)Nc1ccc2c(c1)oc1ccccc12. The summed E-state index contributed by atoms with van der Waals surface area (Å²) in [4.78, 5) is 11.9. The molecule has 0 aliphatic heterocycles. The predicted molar refractivity (Wildman–Crippen MR) is 81.8 cm³/mol. The average molecular weight is 267 g/mol. The maximum Gasteiger partial charge on any atom is 0.227 e. The summed E-state index contributed by atoms with van der Waals surface area (Å²) in [7, 11) is 0. The lowest BCUT2D eigenvalue weighted by atomic mass is 10.1. The smallest absolute Gasteiger partial charge is 0.227 e. The van der Waals surface area contributed by atoms with E-state index >= 15 is 0 Å². The molecule has 0 bridgehead atoms. The Balaban J connectivity index is 1.99. The van der Waals surface area contributed by atoms with E-state index in [0.717, 1.165) is 34.0 Å². The maximum absolute atomic E-state index is 11.9. The van der Waals surface area contributed by atoms with Crippen molar-refractivity contribution in [2.45, 2.75) is 20.3 Å². The molecule has 3 nitrogen and oxygen atoms in total. The molecule has 3 rings (SSSR count). The zero-order valence-corrected chi connectivity index (χ0v) is 11.6. The summed E-state index contributed by atoms with van der Waals surface area (Å²) in [5.74, 6) is 0.0596. The highest BCUT2D eigenvalue weighted by Gasteiger charge is 2.12. The minimum Gasteiger partial charge on any atom is -0.456 e. The fraction of sp³-hybridized carbons (Fsp3) is 0.235. The summed E-state index contributed by atoms with van der Waals surface area (Å²) in [6.07, 6.45) is 0.832. The quantitative estimate of drug-likeness (QED) is 0.755. The van der Waals surface area contributed by atoms with Gasteiger partial charge in [-0.1, -0.05) is 32.0 Å². The minimum absolute atomic E-state index is 0.0152. The molecule has 1 heterocycles. The highest BCUT2D eigenvalue weighted by atomic mass is 16.3. The van der Waals surface area contributed by atoms with Crippen molar-refractivity contribution in [3.8, 4) is 0 Å². The van der Waals surface area contributed by atoms with E-state index in [2.05, 4.69) is 5.32 Å². The van der Waals surface area contributed by atoms with E-state index in [-0.39, 0.29) is 11.8 Å². The van der Waals surface area contributed by atoms with Crippen LogP contribution in [0, 0.1) is 5.92 Å². The zero-order chi connectivity index (χ0) is 14.1. The molecule has 0 fully saturated rings. The normalized spacial score (nSPS) is 12.7. The highest BCUT2D eigenvalue weighted by molar-refractivity contribution is 6.06. The van der Waals surface area contributed by atoms with Gasteiger partial charge in [0.25, 0.3) is 0 Å². The van der Waals surface area contributed by atoms with Gasteiger partial charge in [-0.05, 0) is 24.6 Å². The first-order valence-corrected chi connectivity index (χ1v) is 6.91. The van der Waals surface area contributed by atoms with E-state index < -0.39 is 0 Å². The Morgan fingerprint density at radius 1 is 1.15 bits per heavy atom. The summed E-state index contributed by atoms with van der Waals surface area (Å²) in [6.45, 7) is 3.93. The number of hydrogen-bond donors (Lipinski definition) is 1. The van der Waals surface area contributed by atoms with E-state index in [1.165, 1.54) is 0 Å². The molecule has 1 amide bonds. The molecule has 0 saturated heterocycles. The van der Waals surface area contributed by atoms with Gasteiger partial charge in [0.05, 0.1) is 0 Å². The number of furan rings is 1. The Labute approximate surface area is 117 Å². The van der Waals surface area contributed by atoms with Gasteiger partial charge in [0.15, 0.2) is 0 Å². The summed E-state index contributed by atoms with van der Waals surface area (Å²) in [6, 6.07) is 13.7. The van der Waals surface area contributed by atoms with Crippen LogP contribution in [0.3, 0.4) is 0 Å². The van der Waals surface area contributed by atoms with Crippen molar-refractivity contribution in [1.29, 1.82) is 0 Å². The third-order valence-corrected chi connectivity index (χ3v) is 3.71. The molecule has 3 aromatic rings. The first kappa shape index (κ1) is 12.7. The van der Waals surface area contributed by atoms with E-state index in [9.17, 15) is 4.79 Å². The first-order valence-electron chi connectivity index (χ1n) is 6.91. The molecule has 3 heteroatoms. The summed E-state index contributed by atoms with van der Waals surface area (Å²) in [5, 5.41) is 5.10. The second-order valence-corrected chi connectivity index (χ2v) is 5.11. The van der Waals surface area contributed by atoms with Crippen LogP contribution >= 0.6 is 0 Å². The second kappa shape index (κ2) is 5.00. The number of hydrogen-bond acceptors (Lipinski definition) is 2. The number of amides is 1. The molecule has 20 heavy (non-hydrogen) atoms. The van der Waals surface area contributed by atoms with Crippen LogP contribution in [0.2, 0.25) is 0 Å². The van der Waals surface area contributed by atoms with Crippen LogP contribution in [-0.2, 0) is 4.79 Å². The van der Waals surface area contributed by atoms with Gasteiger partial charge in [-0.15, -0.1) is 0 Å². The Hall–Kier alpha value is -2.29. The summed E-state index contributed by atoms with van der Waals surface area (Å²) >= 11 is 0. The number of para-hydroxylation sites is 1. The number of carbonyl (C=O) groups is 1. The van der Waals surface area contributed by atoms with Crippen molar-refractivity contribution in [3.63, 3.8) is 0 Å². The fourth-order valence-corrected chi connectivity index (χ4v) is 2.25. The molecule has 0 aliphatic carbocycles. The van der Waals surface area contributed by atoms with Gasteiger partial charge in [0.2, 0.25) is 5.91 Å². The minimum atomic E-state index is 0.0152. The van der Waals surface area contributed by atoms with Crippen LogP contribution in [0.5, 0.6) is 0 Å². The Kier molecular flexibility index (Phi) is 3.18. The van der Waals surface area contributed by atoms with Crippen molar-refractivity contribution in [3.05, 3.63) is 42.5 Å². The van der Waals surface area contributed by atoms with Gasteiger partial charge in [-0.3, -0.25) is 4.79 Å². The lowest BCUT2D eigenvalue weighted by molar-refractivity contribution is -0.119. The number of carbonyl (C=O) groups excluding carboxylic acids is 1. The number of fused-ring (bicyclic) bond motifs is 3. The number of nitrogens with one attached hydrogen (secondary N) is 1. The van der Waals surface area contributed by atoms with E-state index in [4.69, 9.17) is 4.42 Å². The van der Waals surface area contributed by atoms with Crippen LogP contribution in [0.1, 0.15) is 20.3 Å². The predicted octanol–water partition coefficient (Wildman–Crippen LogP) is 4.57. The molecule has 102 valence electrons. The van der Waals surface area contributed by atoms with Crippen molar-refractivity contribution < 1.29 is 9.21 Å². The molecule has 0 spiro atoms. The Morgan fingerprint density at radius 2 is 1.90 bits per heavy atom. The number of benzene rings is 2. The average Bonchev–Trinajstić information content (AvgIpc) is 2.83. The van der Waals surface area contributed by atoms with Gasteiger partial charge in [-0.25, -0.2) is 0 Å². The Morgan fingerprint density at radius 3 is 2.70 bits per heavy atom. The fourth-order valence-electron chi connectivity index (χ4n) is 2.25. The third-order valence-electron chi connectivity index (χ3n) is 3.71. The lowest BCUT2D eigenvalue weighted by Crippen LogP contribution is -2.19. The van der Waals surface area contributed by atoms with Crippen molar-refractivity contribution in [2.75, 3.05) is 5.32 Å². The molecule has 2 aromatic carbocycles. The van der Waals surface area contributed by atoms with Crippen LogP contribution in [-0.4, -0.2) is 5.91 Å². The second-order valence-electron chi connectivity index (χ2n) is 5.11. The third kappa shape index (κ3) is 2.16. The molecular formula is C17H17NO2. The summed E-state index contributed by atoms with van der Waals surface area (Å²) < 4.78 is 5.81. The molecule has 1 unspecified atom stereocenters. The van der Waals surface area contributed by atoms with Gasteiger partial charge in [0.1, 0.15) is 11.2 Å². The van der Waals surface area contributed by atoms with E-state index in [1.807, 2.05) is 56.3 Å². The van der Waals surface area contributed by atoms with Crippen molar-refractivity contribution in [1.82, 2.24) is 0 Å². The van der Waals surface area contributed by atoms with E-state index in [0.29, 0.717) is 0 Å². The van der Waals surface area contributed by atoms with Gasteiger partial charge in [-0.2, -0.15) is 0 Å². The number of rotatable bonds is 3. The largest absolute Gasteiger partial charge is 0.456 e. The first-order chi connectivity index (χ1) is 9.69. The topological polar surface area (TPSA) is 42.2 Å². The molecule has 1 N–H and O–H groups in total. The molecular weight excluding hydrogens is 250 g/mol. The molecule has 1 atom stereocenters. The molecule has 0 radical (unpaired) electrons. The van der Waals surface area contributed by atoms with Crippen LogP contribution in [0.25, 0.3) is 21.9 Å².